The van der Waals surface area contributed by atoms with E-state index >= 15 is 0 Å². The van der Waals surface area contributed by atoms with Gasteiger partial charge in [-0.05, 0) is 42.3 Å². The second-order valence-corrected chi connectivity index (χ2v) is 9.42. The van der Waals surface area contributed by atoms with Gasteiger partial charge in [0.05, 0.1) is 5.52 Å². The van der Waals surface area contributed by atoms with Crippen molar-refractivity contribution in [3.8, 4) is 0 Å². The van der Waals surface area contributed by atoms with Crippen LogP contribution >= 0.6 is 0 Å². The van der Waals surface area contributed by atoms with E-state index in [1.165, 1.54) is 11.6 Å². The lowest BCUT2D eigenvalue weighted by Gasteiger charge is -2.34. The Balaban J connectivity index is 1.15. The van der Waals surface area contributed by atoms with Crippen molar-refractivity contribution in [3.05, 3.63) is 89.9 Å². The van der Waals surface area contributed by atoms with Gasteiger partial charge in [0.15, 0.2) is 0 Å². The summed E-state index contributed by atoms with van der Waals surface area (Å²) in [6, 6.07) is 18.4. The van der Waals surface area contributed by atoms with Gasteiger partial charge in [-0.2, -0.15) is 18.3 Å². The summed E-state index contributed by atoms with van der Waals surface area (Å²) in [7, 11) is 0. The third kappa shape index (κ3) is 6.61. The van der Waals surface area contributed by atoms with Gasteiger partial charge in [-0.25, -0.2) is 4.98 Å². The molecule has 1 N–H and O–H groups in total. The van der Waals surface area contributed by atoms with Crippen molar-refractivity contribution >= 4 is 28.4 Å². The predicted octanol–water partition coefficient (Wildman–Crippen LogP) is 4.09. The van der Waals surface area contributed by atoms with E-state index in [0.717, 1.165) is 38.2 Å². The number of amides is 2. The molecule has 2 amide bonds. The second kappa shape index (κ2) is 11.2. The molecule has 0 aliphatic carbocycles. The van der Waals surface area contributed by atoms with Crippen LogP contribution in [0.4, 0.5) is 18.9 Å². The van der Waals surface area contributed by atoms with Gasteiger partial charge in [-0.3, -0.25) is 19.2 Å². The molecule has 0 atom stereocenters. The molecular weight excluding hydrogens is 509 g/mol. The van der Waals surface area contributed by atoms with Crippen LogP contribution in [0.2, 0.25) is 0 Å². The predicted molar refractivity (Wildman–Crippen MR) is 140 cm³/mol. The second-order valence-electron chi connectivity index (χ2n) is 9.42. The molecule has 0 unspecified atom stereocenters. The van der Waals surface area contributed by atoms with Gasteiger partial charge in [0.25, 0.3) is 5.91 Å². The van der Waals surface area contributed by atoms with Crippen LogP contribution in [0.3, 0.4) is 0 Å². The Morgan fingerprint density at radius 3 is 2.44 bits per heavy atom. The number of piperazine rings is 1. The molecule has 4 aromatic rings. The van der Waals surface area contributed by atoms with E-state index in [9.17, 15) is 22.8 Å². The first-order valence-electron chi connectivity index (χ1n) is 12.6. The highest BCUT2D eigenvalue weighted by molar-refractivity contribution is 6.03. The summed E-state index contributed by atoms with van der Waals surface area (Å²) >= 11 is 0. The fraction of sp³-hybridized carbons (Fsp3) is 0.286. The number of pyridine rings is 1. The molecule has 1 fully saturated rings. The zero-order chi connectivity index (χ0) is 27.4. The van der Waals surface area contributed by atoms with Crippen LogP contribution in [-0.2, 0) is 23.9 Å². The molecule has 0 spiro atoms. The lowest BCUT2D eigenvalue weighted by molar-refractivity contribution is -0.141. The van der Waals surface area contributed by atoms with E-state index in [-0.39, 0.29) is 18.1 Å². The maximum absolute atomic E-state index is 12.9. The summed E-state index contributed by atoms with van der Waals surface area (Å²) < 4.78 is 40.3. The Labute approximate surface area is 223 Å². The molecule has 0 radical (unpaired) electrons. The monoisotopic (exact) mass is 536 g/mol. The molecule has 2 aromatic carbocycles. The fourth-order valence-electron chi connectivity index (χ4n) is 4.54. The number of fused-ring (bicyclic) bond motifs is 1. The van der Waals surface area contributed by atoms with Crippen LogP contribution in [0.15, 0.2) is 72.9 Å². The van der Waals surface area contributed by atoms with Crippen LogP contribution < -0.4 is 5.32 Å². The van der Waals surface area contributed by atoms with Crippen LogP contribution in [0.5, 0.6) is 0 Å². The van der Waals surface area contributed by atoms with Crippen molar-refractivity contribution in [1.82, 2.24) is 24.6 Å². The van der Waals surface area contributed by atoms with Gasteiger partial charge in [0.2, 0.25) is 5.91 Å². The third-order valence-electron chi connectivity index (χ3n) is 6.66. The minimum atomic E-state index is -4.64. The lowest BCUT2D eigenvalue weighted by atomic mass is 10.1. The van der Waals surface area contributed by atoms with E-state index in [4.69, 9.17) is 0 Å². The standard InChI is InChI=1S/C28H27F3N6O2/c29-28(30,31)25-8-4-7-24(33-25)27(39)32-22-9-10-23-21(17-22)18-37(34-23)19-26(38)36-15-13-35(14-16-36)12-11-20-5-2-1-3-6-20/h1-10,17-18H,11-16,19H2,(H,32,39). The number of hydrogen-bond acceptors (Lipinski definition) is 5. The summed E-state index contributed by atoms with van der Waals surface area (Å²) in [5, 5.41) is 7.70. The average molecular weight is 537 g/mol. The molecular formula is C28H27F3N6O2. The first-order chi connectivity index (χ1) is 18.7. The van der Waals surface area contributed by atoms with Crippen molar-refractivity contribution in [2.45, 2.75) is 19.1 Å². The number of nitrogens with zero attached hydrogens (tertiary/aromatic N) is 5. The Morgan fingerprint density at radius 1 is 0.923 bits per heavy atom. The first-order valence-corrected chi connectivity index (χ1v) is 12.6. The lowest BCUT2D eigenvalue weighted by Crippen LogP contribution is -2.49. The van der Waals surface area contributed by atoms with E-state index in [2.05, 4.69) is 32.4 Å². The van der Waals surface area contributed by atoms with Crippen molar-refractivity contribution in [2.24, 2.45) is 0 Å². The molecule has 3 heterocycles. The average Bonchev–Trinajstić information content (AvgIpc) is 3.34. The summed E-state index contributed by atoms with van der Waals surface area (Å²) in [5.74, 6) is -0.777. The molecule has 1 aliphatic rings. The Morgan fingerprint density at radius 2 is 1.69 bits per heavy atom. The van der Waals surface area contributed by atoms with Gasteiger partial charge < -0.3 is 10.2 Å². The molecule has 0 bridgehead atoms. The topological polar surface area (TPSA) is 83.4 Å². The molecule has 39 heavy (non-hydrogen) atoms. The molecule has 1 saturated heterocycles. The number of aromatic nitrogens is 3. The highest BCUT2D eigenvalue weighted by atomic mass is 19.4. The first kappa shape index (κ1) is 26.4. The normalized spacial score (nSPS) is 14.5. The van der Waals surface area contributed by atoms with Gasteiger partial charge in [0, 0.05) is 50.0 Å². The van der Waals surface area contributed by atoms with Gasteiger partial charge in [0.1, 0.15) is 17.9 Å². The number of benzene rings is 2. The van der Waals surface area contributed by atoms with Crippen molar-refractivity contribution < 1.29 is 22.8 Å². The summed E-state index contributed by atoms with van der Waals surface area (Å²) in [6.07, 6.45) is -1.95. The number of alkyl halides is 3. The SMILES string of the molecule is O=C(Nc1ccc2nn(CC(=O)N3CCN(CCc4ccccc4)CC3)cc2c1)c1cccc(C(F)(F)F)n1. The third-order valence-corrected chi connectivity index (χ3v) is 6.66. The van der Waals surface area contributed by atoms with Crippen LogP contribution in [0, 0.1) is 0 Å². The molecule has 2 aromatic heterocycles. The number of halogens is 3. The van der Waals surface area contributed by atoms with Gasteiger partial charge in [-0.1, -0.05) is 36.4 Å². The molecule has 0 saturated carbocycles. The molecule has 5 rings (SSSR count). The molecule has 8 nitrogen and oxygen atoms in total. The number of nitrogens with one attached hydrogen (secondary N) is 1. The van der Waals surface area contributed by atoms with E-state index in [1.807, 2.05) is 23.1 Å². The minimum Gasteiger partial charge on any atom is -0.339 e. The van der Waals surface area contributed by atoms with E-state index in [1.54, 1.807) is 29.1 Å². The smallest absolute Gasteiger partial charge is 0.339 e. The van der Waals surface area contributed by atoms with Crippen molar-refractivity contribution in [3.63, 3.8) is 0 Å². The zero-order valence-corrected chi connectivity index (χ0v) is 21.1. The number of hydrogen-bond donors (Lipinski definition) is 1. The highest BCUT2D eigenvalue weighted by Crippen LogP contribution is 2.27. The Hall–Kier alpha value is -4.25. The Kier molecular flexibility index (Phi) is 7.60. The maximum atomic E-state index is 12.9. The fourth-order valence-corrected chi connectivity index (χ4v) is 4.54. The number of carbonyl (C=O) groups excluding carboxylic acids is 2. The summed E-state index contributed by atoms with van der Waals surface area (Å²) in [5.41, 5.74) is 0.834. The van der Waals surface area contributed by atoms with Crippen LogP contribution in [0.25, 0.3) is 10.9 Å². The van der Waals surface area contributed by atoms with E-state index in [0.29, 0.717) is 29.7 Å². The van der Waals surface area contributed by atoms with Crippen molar-refractivity contribution in [1.29, 1.82) is 0 Å². The molecule has 11 heteroatoms. The summed E-state index contributed by atoms with van der Waals surface area (Å²) in [4.78, 5) is 33.0. The largest absolute Gasteiger partial charge is 0.433 e. The van der Waals surface area contributed by atoms with E-state index < -0.39 is 17.8 Å². The number of anilines is 1. The highest BCUT2D eigenvalue weighted by Gasteiger charge is 2.33. The molecule has 1 aliphatic heterocycles. The van der Waals surface area contributed by atoms with Crippen LogP contribution in [-0.4, -0.2) is 69.1 Å². The maximum Gasteiger partial charge on any atom is 0.433 e. The summed E-state index contributed by atoms with van der Waals surface area (Å²) in [6.45, 7) is 4.02. The number of rotatable bonds is 7. The van der Waals surface area contributed by atoms with Crippen LogP contribution in [0.1, 0.15) is 21.7 Å². The zero-order valence-electron chi connectivity index (χ0n) is 21.1. The molecule has 202 valence electrons. The minimum absolute atomic E-state index is 0.0188. The number of carbonyl (C=O) groups is 2. The van der Waals surface area contributed by atoms with Crippen molar-refractivity contribution in [2.75, 3.05) is 38.0 Å². The van der Waals surface area contributed by atoms with Gasteiger partial charge >= 0.3 is 6.18 Å². The van der Waals surface area contributed by atoms with Gasteiger partial charge in [-0.15, -0.1) is 0 Å². The quantitative estimate of drug-likeness (QED) is 0.385. The Bertz CT molecular complexity index is 1460.